The molecule has 0 aromatic heterocycles. The van der Waals surface area contributed by atoms with E-state index in [1.165, 1.54) is 0 Å². The zero-order valence-corrected chi connectivity index (χ0v) is 11.2. The van der Waals surface area contributed by atoms with E-state index in [1.807, 2.05) is 0 Å². The summed E-state index contributed by atoms with van der Waals surface area (Å²) >= 11 is 0. The van der Waals surface area contributed by atoms with Gasteiger partial charge in [0.05, 0.1) is 6.10 Å². The Morgan fingerprint density at radius 1 is 1.29 bits per heavy atom. The molecule has 2 aliphatic rings. The fourth-order valence-electron chi connectivity index (χ4n) is 3.26. The first-order valence-electron chi connectivity index (χ1n) is 6.80. The summed E-state index contributed by atoms with van der Waals surface area (Å²) in [7, 11) is 2.24. The minimum atomic E-state index is 0.139. The van der Waals surface area contributed by atoms with Crippen molar-refractivity contribution in [3.05, 3.63) is 0 Å². The van der Waals surface area contributed by atoms with Crippen molar-refractivity contribution in [2.75, 3.05) is 33.4 Å². The maximum atomic E-state index is 6.08. The summed E-state index contributed by atoms with van der Waals surface area (Å²) in [5.41, 5.74) is 6.22. The van der Waals surface area contributed by atoms with Crippen molar-refractivity contribution >= 4 is 0 Å². The molecule has 0 saturated carbocycles. The first kappa shape index (κ1) is 13.3. The van der Waals surface area contributed by atoms with Gasteiger partial charge in [0.1, 0.15) is 0 Å². The van der Waals surface area contributed by atoms with Crippen LogP contribution in [0.5, 0.6) is 0 Å². The largest absolute Gasteiger partial charge is 0.381 e. The standard InChI is InChI=1S/C13H26N2O2/c1-11-9-13(10-14,5-8-17-11)15(2)12-3-6-16-7-4-12/h11-12H,3-10,14H2,1-2H3. The van der Waals surface area contributed by atoms with Crippen molar-refractivity contribution in [1.82, 2.24) is 4.90 Å². The lowest BCUT2D eigenvalue weighted by Gasteiger charge is -2.49. The first-order valence-corrected chi connectivity index (χ1v) is 6.80. The quantitative estimate of drug-likeness (QED) is 0.802. The summed E-state index contributed by atoms with van der Waals surface area (Å²) in [6.45, 7) is 5.51. The summed E-state index contributed by atoms with van der Waals surface area (Å²) in [5, 5.41) is 0. The average molecular weight is 242 g/mol. The summed E-state index contributed by atoms with van der Waals surface area (Å²) < 4.78 is 11.1. The Hall–Kier alpha value is -0.160. The molecule has 0 aromatic rings. The van der Waals surface area contributed by atoms with E-state index in [-0.39, 0.29) is 5.54 Å². The van der Waals surface area contributed by atoms with E-state index in [9.17, 15) is 0 Å². The predicted octanol–water partition coefficient (Wildman–Crippen LogP) is 0.994. The molecule has 2 N–H and O–H groups in total. The minimum Gasteiger partial charge on any atom is -0.381 e. The van der Waals surface area contributed by atoms with Crippen molar-refractivity contribution < 1.29 is 9.47 Å². The zero-order chi connectivity index (χ0) is 12.3. The molecule has 0 spiro atoms. The summed E-state index contributed by atoms with van der Waals surface area (Å²) in [6, 6.07) is 0.623. The van der Waals surface area contributed by atoms with Gasteiger partial charge in [0.2, 0.25) is 0 Å². The Morgan fingerprint density at radius 2 is 2.00 bits per heavy atom. The molecule has 2 rings (SSSR count). The summed E-state index contributed by atoms with van der Waals surface area (Å²) in [4.78, 5) is 2.52. The molecule has 0 radical (unpaired) electrons. The van der Waals surface area contributed by atoms with Gasteiger partial charge in [-0.25, -0.2) is 0 Å². The average Bonchev–Trinajstić information content (AvgIpc) is 2.38. The van der Waals surface area contributed by atoms with E-state index < -0.39 is 0 Å². The highest BCUT2D eigenvalue weighted by atomic mass is 16.5. The van der Waals surface area contributed by atoms with Gasteiger partial charge >= 0.3 is 0 Å². The van der Waals surface area contributed by atoms with Crippen LogP contribution in [0.4, 0.5) is 0 Å². The molecule has 17 heavy (non-hydrogen) atoms. The smallest absolute Gasteiger partial charge is 0.0565 e. The summed E-state index contributed by atoms with van der Waals surface area (Å²) in [5.74, 6) is 0. The molecular weight excluding hydrogens is 216 g/mol. The lowest BCUT2D eigenvalue weighted by atomic mass is 9.83. The number of hydrogen-bond acceptors (Lipinski definition) is 4. The van der Waals surface area contributed by atoms with Crippen molar-refractivity contribution in [3.63, 3.8) is 0 Å². The molecule has 0 aliphatic carbocycles. The highest BCUT2D eigenvalue weighted by Crippen LogP contribution is 2.32. The van der Waals surface area contributed by atoms with E-state index >= 15 is 0 Å². The first-order chi connectivity index (χ1) is 8.18. The second-order valence-corrected chi connectivity index (χ2v) is 5.52. The van der Waals surface area contributed by atoms with E-state index in [4.69, 9.17) is 15.2 Å². The summed E-state index contributed by atoms with van der Waals surface area (Å²) in [6.07, 6.45) is 4.70. The Bertz CT molecular complexity index is 244. The van der Waals surface area contributed by atoms with Gasteiger partial charge in [-0.2, -0.15) is 0 Å². The van der Waals surface area contributed by atoms with Crippen LogP contribution in [0.25, 0.3) is 0 Å². The highest BCUT2D eigenvalue weighted by molar-refractivity contribution is 4.97. The Morgan fingerprint density at radius 3 is 2.59 bits per heavy atom. The van der Waals surface area contributed by atoms with Crippen LogP contribution in [0.15, 0.2) is 0 Å². The molecule has 2 atom stereocenters. The second-order valence-electron chi connectivity index (χ2n) is 5.52. The predicted molar refractivity (Wildman–Crippen MR) is 68.0 cm³/mol. The highest BCUT2D eigenvalue weighted by Gasteiger charge is 2.40. The Labute approximate surface area is 104 Å². The third kappa shape index (κ3) is 2.81. The SMILES string of the molecule is CC1CC(CN)(N(C)C2CCOCC2)CCO1. The number of nitrogens with two attached hydrogens (primary N) is 1. The fraction of sp³-hybridized carbons (Fsp3) is 1.00. The fourth-order valence-corrected chi connectivity index (χ4v) is 3.26. The van der Waals surface area contributed by atoms with Gasteiger partial charge in [-0.05, 0) is 39.7 Å². The second kappa shape index (κ2) is 5.65. The molecule has 2 fully saturated rings. The van der Waals surface area contributed by atoms with Crippen molar-refractivity contribution in [3.8, 4) is 0 Å². The van der Waals surface area contributed by atoms with Crippen LogP contribution in [0.1, 0.15) is 32.6 Å². The van der Waals surface area contributed by atoms with Crippen LogP contribution in [-0.2, 0) is 9.47 Å². The van der Waals surface area contributed by atoms with E-state index in [2.05, 4.69) is 18.9 Å². The maximum absolute atomic E-state index is 6.08. The lowest BCUT2D eigenvalue weighted by Crippen LogP contribution is -2.60. The zero-order valence-electron chi connectivity index (χ0n) is 11.2. The van der Waals surface area contributed by atoms with E-state index in [0.29, 0.717) is 12.1 Å². The van der Waals surface area contributed by atoms with Gasteiger partial charge in [-0.1, -0.05) is 0 Å². The molecular formula is C13H26N2O2. The molecule has 0 bridgehead atoms. The van der Waals surface area contributed by atoms with Gasteiger partial charge in [-0.3, -0.25) is 4.90 Å². The molecule has 0 amide bonds. The molecule has 2 saturated heterocycles. The molecule has 4 nitrogen and oxygen atoms in total. The number of nitrogens with zero attached hydrogens (tertiary/aromatic N) is 1. The van der Waals surface area contributed by atoms with Crippen LogP contribution in [0.3, 0.4) is 0 Å². The molecule has 2 aliphatic heterocycles. The van der Waals surface area contributed by atoms with E-state index in [0.717, 1.165) is 52.0 Å². The molecule has 100 valence electrons. The molecule has 2 heterocycles. The van der Waals surface area contributed by atoms with Gasteiger partial charge in [0.15, 0.2) is 0 Å². The molecule has 0 aromatic carbocycles. The maximum Gasteiger partial charge on any atom is 0.0565 e. The molecule has 4 heteroatoms. The van der Waals surface area contributed by atoms with Crippen LogP contribution < -0.4 is 5.73 Å². The number of hydrogen-bond donors (Lipinski definition) is 1. The van der Waals surface area contributed by atoms with Crippen molar-refractivity contribution in [2.45, 2.75) is 50.3 Å². The Kier molecular flexibility index (Phi) is 4.42. The number of ether oxygens (including phenoxy) is 2. The van der Waals surface area contributed by atoms with Gasteiger partial charge in [-0.15, -0.1) is 0 Å². The van der Waals surface area contributed by atoms with Gasteiger partial charge in [0.25, 0.3) is 0 Å². The van der Waals surface area contributed by atoms with Crippen LogP contribution in [0, 0.1) is 0 Å². The monoisotopic (exact) mass is 242 g/mol. The van der Waals surface area contributed by atoms with Crippen LogP contribution in [-0.4, -0.2) is 56.0 Å². The number of likely N-dealkylation sites (N-methyl/N-ethyl adjacent to an activating group) is 1. The third-order valence-corrected chi connectivity index (χ3v) is 4.50. The minimum absolute atomic E-state index is 0.139. The Balaban J connectivity index is 2.04. The van der Waals surface area contributed by atoms with Crippen molar-refractivity contribution in [1.29, 1.82) is 0 Å². The number of rotatable bonds is 3. The topological polar surface area (TPSA) is 47.7 Å². The lowest BCUT2D eigenvalue weighted by molar-refractivity contribution is -0.0816. The van der Waals surface area contributed by atoms with Gasteiger partial charge in [0, 0.05) is 37.9 Å². The normalized spacial score (nSPS) is 36.4. The van der Waals surface area contributed by atoms with Gasteiger partial charge < -0.3 is 15.2 Å². The molecule has 2 unspecified atom stereocenters. The van der Waals surface area contributed by atoms with Crippen LogP contribution in [0.2, 0.25) is 0 Å². The van der Waals surface area contributed by atoms with E-state index in [1.54, 1.807) is 0 Å². The van der Waals surface area contributed by atoms with Crippen LogP contribution >= 0.6 is 0 Å². The van der Waals surface area contributed by atoms with Crippen molar-refractivity contribution in [2.24, 2.45) is 5.73 Å². The third-order valence-electron chi connectivity index (χ3n) is 4.50.